The third kappa shape index (κ3) is 4.26. The summed E-state index contributed by atoms with van der Waals surface area (Å²) in [5.74, 6) is 0.753. The Morgan fingerprint density at radius 2 is 1.88 bits per heavy atom. The lowest BCUT2D eigenvalue weighted by atomic mass is 10.0. The monoisotopic (exact) mass is 370 g/mol. The van der Waals surface area contributed by atoms with E-state index in [1.807, 2.05) is 30.3 Å². The van der Waals surface area contributed by atoms with E-state index in [1.165, 1.54) is 0 Å². The highest BCUT2D eigenvalue weighted by atomic mass is 35.5. The molecule has 1 aliphatic heterocycles. The minimum Gasteiger partial charge on any atom is -0.496 e. The Kier molecular flexibility index (Phi) is 5.96. The second-order valence-electron chi connectivity index (χ2n) is 6.44. The largest absolute Gasteiger partial charge is 0.496 e. The van der Waals surface area contributed by atoms with Gasteiger partial charge in [-0.15, -0.1) is 0 Å². The van der Waals surface area contributed by atoms with Crippen molar-refractivity contribution in [3.05, 3.63) is 58.6 Å². The first kappa shape index (κ1) is 18.5. The van der Waals surface area contributed by atoms with Crippen LogP contribution in [0.15, 0.2) is 42.5 Å². The van der Waals surface area contributed by atoms with Crippen LogP contribution in [-0.2, 0) is 4.79 Å². The van der Waals surface area contributed by atoms with Crippen LogP contribution in [0.25, 0.3) is 11.6 Å². The minimum absolute atomic E-state index is 0.568. The van der Waals surface area contributed by atoms with Crippen LogP contribution in [0.5, 0.6) is 5.75 Å². The Morgan fingerprint density at radius 1 is 1.12 bits per heavy atom. The molecular weight excluding hydrogens is 348 g/mol. The summed E-state index contributed by atoms with van der Waals surface area (Å²) >= 11 is 6.05. The van der Waals surface area contributed by atoms with Gasteiger partial charge in [0.15, 0.2) is 6.29 Å². The summed E-state index contributed by atoms with van der Waals surface area (Å²) in [6, 6.07) is 13.4. The zero-order chi connectivity index (χ0) is 18.5. The highest BCUT2D eigenvalue weighted by molar-refractivity contribution is 6.31. The smallest absolute Gasteiger partial charge is 0.150 e. The van der Waals surface area contributed by atoms with Crippen LogP contribution >= 0.6 is 11.6 Å². The van der Waals surface area contributed by atoms with Gasteiger partial charge in [0.1, 0.15) is 5.75 Å². The fourth-order valence-corrected chi connectivity index (χ4v) is 3.29. The number of piperazine rings is 1. The Labute approximate surface area is 159 Å². The Hall–Kier alpha value is -2.30. The average Bonchev–Trinajstić information content (AvgIpc) is 2.66. The van der Waals surface area contributed by atoms with Crippen molar-refractivity contribution in [3.63, 3.8) is 0 Å². The Bertz CT molecular complexity index is 811. The van der Waals surface area contributed by atoms with Crippen molar-refractivity contribution in [3.8, 4) is 5.75 Å². The number of rotatable bonds is 5. The van der Waals surface area contributed by atoms with Gasteiger partial charge in [-0.25, -0.2) is 0 Å². The molecule has 0 spiro atoms. The number of ether oxygens (including phenoxy) is 1. The first-order chi connectivity index (χ1) is 12.6. The normalized spacial score (nSPS) is 15.8. The number of benzene rings is 2. The maximum Gasteiger partial charge on any atom is 0.150 e. The summed E-state index contributed by atoms with van der Waals surface area (Å²) < 4.78 is 5.58. The first-order valence-electron chi connectivity index (χ1n) is 8.65. The number of hydrogen-bond donors (Lipinski definition) is 0. The lowest BCUT2D eigenvalue weighted by Gasteiger charge is -2.34. The van der Waals surface area contributed by atoms with Gasteiger partial charge < -0.3 is 14.5 Å². The number of carbonyl (C=O) groups excluding carboxylic acids is 1. The fraction of sp³-hybridized carbons (Fsp3) is 0.286. The highest BCUT2D eigenvalue weighted by Crippen LogP contribution is 2.30. The van der Waals surface area contributed by atoms with E-state index in [0.717, 1.165) is 55.0 Å². The van der Waals surface area contributed by atoms with Gasteiger partial charge >= 0.3 is 0 Å². The van der Waals surface area contributed by atoms with E-state index in [2.05, 4.69) is 22.9 Å². The molecule has 2 aromatic rings. The van der Waals surface area contributed by atoms with Crippen molar-refractivity contribution < 1.29 is 9.53 Å². The summed E-state index contributed by atoms with van der Waals surface area (Å²) in [6.45, 7) is 4.09. The summed E-state index contributed by atoms with van der Waals surface area (Å²) in [6.07, 6.45) is 2.69. The van der Waals surface area contributed by atoms with E-state index in [0.29, 0.717) is 10.6 Å². The average molecular weight is 371 g/mol. The van der Waals surface area contributed by atoms with E-state index >= 15 is 0 Å². The molecule has 0 amide bonds. The molecule has 0 aromatic heterocycles. The van der Waals surface area contributed by atoms with Crippen molar-refractivity contribution in [2.24, 2.45) is 0 Å². The molecule has 5 heteroatoms. The predicted molar refractivity (Wildman–Crippen MR) is 108 cm³/mol. The zero-order valence-corrected chi connectivity index (χ0v) is 15.9. The third-order valence-electron chi connectivity index (χ3n) is 4.68. The minimum atomic E-state index is 0.568. The highest BCUT2D eigenvalue weighted by Gasteiger charge is 2.15. The number of likely N-dealkylation sites (N-methyl/N-ethyl adjacent to an activating group) is 1. The molecule has 0 saturated carbocycles. The fourth-order valence-electron chi connectivity index (χ4n) is 3.10. The molecule has 1 saturated heterocycles. The molecule has 0 atom stereocenters. The van der Waals surface area contributed by atoms with Gasteiger partial charge in [0, 0.05) is 54.1 Å². The molecule has 0 unspecified atom stereocenters. The Morgan fingerprint density at radius 3 is 2.54 bits per heavy atom. The summed E-state index contributed by atoms with van der Waals surface area (Å²) in [7, 11) is 3.79. The summed E-state index contributed by atoms with van der Waals surface area (Å²) in [5, 5.41) is 0.604. The number of carbonyl (C=O) groups is 1. The number of anilines is 1. The number of halogens is 1. The summed E-state index contributed by atoms with van der Waals surface area (Å²) in [5.41, 5.74) is 3.37. The quantitative estimate of drug-likeness (QED) is 0.455. The van der Waals surface area contributed by atoms with Crippen LogP contribution in [0, 0.1) is 0 Å². The second-order valence-corrected chi connectivity index (χ2v) is 6.88. The lowest BCUT2D eigenvalue weighted by Crippen LogP contribution is -2.44. The zero-order valence-electron chi connectivity index (χ0n) is 15.1. The number of allylic oxidation sites excluding steroid dienone is 1. The van der Waals surface area contributed by atoms with E-state index in [-0.39, 0.29) is 0 Å². The topological polar surface area (TPSA) is 32.8 Å². The van der Waals surface area contributed by atoms with E-state index in [1.54, 1.807) is 19.2 Å². The first-order valence-corrected chi connectivity index (χ1v) is 9.03. The maximum atomic E-state index is 11.6. The second kappa shape index (κ2) is 8.39. The van der Waals surface area contributed by atoms with E-state index < -0.39 is 0 Å². The van der Waals surface area contributed by atoms with Crippen LogP contribution in [0.4, 0.5) is 5.69 Å². The molecule has 2 aromatic carbocycles. The van der Waals surface area contributed by atoms with Crippen LogP contribution in [-0.4, -0.2) is 51.5 Å². The van der Waals surface area contributed by atoms with Gasteiger partial charge in [0.05, 0.1) is 7.11 Å². The molecule has 3 rings (SSSR count). The van der Waals surface area contributed by atoms with E-state index in [4.69, 9.17) is 16.3 Å². The number of hydrogen-bond acceptors (Lipinski definition) is 4. The third-order valence-corrected chi connectivity index (χ3v) is 4.92. The SMILES string of the molecule is COc1cc(N2CCN(C)CC2)ccc1/C=C(\C=O)c1cccc(Cl)c1. The summed E-state index contributed by atoms with van der Waals surface area (Å²) in [4.78, 5) is 16.3. The van der Waals surface area contributed by atoms with Crippen LogP contribution in [0.3, 0.4) is 0 Å². The van der Waals surface area contributed by atoms with Gasteiger partial charge in [-0.05, 0) is 43.0 Å². The van der Waals surface area contributed by atoms with Gasteiger partial charge in [-0.3, -0.25) is 4.79 Å². The maximum absolute atomic E-state index is 11.6. The van der Waals surface area contributed by atoms with Gasteiger partial charge in [-0.1, -0.05) is 23.7 Å². The molecule has 0 bridgehead atoms. The van der Waals surface area contributed by atoms with Crippen molar-refractivity contribution in [1.29, 1.82) is 0 Å². The Balaban J connectivity index is 1.90. The van der Waals surface area contributed by atoms with Crippen LogP contribution < -0.4 is 9.64 Å². The molecular formula is C21H23ClN2O2. The standard InChI is InChI=1S/C21H23ClN2O2/c1-23-8-10-24(11-9-23)20-7-6-17(21(14-20)26-2)12-18(15-25)16-4-3-5-19(22)13-16/h3-7,12-15H,8-11H2,1-2H3/b18-12+. The molecule has 1 aliphatic rings. The molecule has 0 N–H and O–H groups in total. The molecule has 0 radical (unpaired) electrons. The molecule has 0 aliphatic carbocycles. The van der Waals surface area contributed by atoms with Crippen molar-refractivity contribution >= 4 is 35.2 Å². The molecule has 4 nitrogen and oxygen atoms in total. The number of methoxy groups -OCH3 is 1. The van der Waals surface area contributed by atoms with Crippen LogP contribution in [0.1, 0.15) is 11.1 Å². The van der Waals surface area contributed by atoms with Gasteiger partial charge in [0.2, 0.25) is 0 Å². The van der Waals surface area contributed by atoms with Crippen molar-refractivity contribution in [2.45, 2.75) is 0 Å². The molecule has 1 fully saturated rings. The molecule has 136 valence electrons. The lowest BCUT2D eigenvalue weighted by molar-refractivity contribution is -0.103. The van der Waals surface area contributed by atoms with Gasteiger partial charge in [-0.2, -0.15) is 0 Å². The number of aldehydes is 1. The number of nitrogens with zero attached hydrogens (tertiary/aromatic N) is 2. The van der Waals surface area contributed by atoms with Gasteiger partial charge in [0.25, 0.3) is 0 Å². The van der Waals surface area contributed by atoms with E-state index in [9.17, 15) is 4.79 Å². The molecule has 26 heavy (non-hydrogen) atoms. The molecule has 1 heterocycles. The van der Waals surface area contributed by atoms with Crippen molar-refractivity contribution in [2.75, 3.05) is 45.2 Å². The predicted octanol–water partition coefficient (Wildman–Crippen LogP) is 3.84. The van der Waals surface area contributed by atoms with Crippen molar-refractivity contribution in [1.82, 2.24) is 4.90 Å². The van der Waals surface area contributed by atoms with Crippen LogP contribution in [0.2, 0.25) is 5.02 Å².